The molecule has 0 radical (unpaired) electrons. The third kappa shape index (κ3) is 3.98. The predicted octanol–water partition coefficient (Wildman–Crippen LogP) is 0.956. The van der Waals surface area contributed by atoms with E-state index in [0.29, 0.717) is 36.9 Å². The maximum Gasteiger partial charge on any atom is 0.243 e. The number of rotatable bonds is 6. The number of benzene rings is 1. The number of methoxy groups -OCH3 is 1. The van der Waals surface area contributed by atoms with Crippen molar-refractivity contribution in [3.05, 3.63) is 23.8 Å². The van der Waals surface area contributed by atoms with Crippen LogP contribution in [0.5, 0.6) is 5.75 Å². The van der Waals surface area contributed by atoms with E-state index >= 15 is 0 Å². The number of aryl methyl sites for hydroxylation is 1. The molecule has 124 valence electrons. The Kier molecular flexibility index (Phi) is 5.80. The molecule has 0 atom stereocenters. The molecule has 1 aliphatic heterocycles. The summed E-state index contributed by atoms with van der Waals surface area (Å²) in [6.07, 6.45) is 0. The van der Waals surface area contributed by atoms with Crippen LogP contribution in [-0.4, -0.2) is 71.2 Å². The van der Waals surface area contributed by atoms with Gasteiger partial charge in [-0.1, -0.05) is 0 Å². The molecule has 22 heavy (non-hydrogen) atoms. The number of hydrogen-bond acceptors (Lipinski definition) is 5. The van der Waals surface area contributed by atoms with Crippen molar-refractivity contribution in [1.82, 2.24) is 9.21 Å². The van der Waals surface area contributed by atoms with Crippen LogP contribution in [0.25, 0.3) is 0 Å². The fourth-order valence-electron chi connectivity index (χ4n) is 2.36. The monoisotopic (exact) mass is 328 g/mol. The van der Waals surface area contributed by atoms with Crippen LogP contribution in [0.3, 0.4) is 0 Å². The summed E-state index contributed by atoms with van der Waals surface area (Å²) in [5.41, 5.74) is 0.811. The molecule has 0 bridgehead atoms. The maximum absolute atomic E-state index is 12.7. The Morgan fingerprint density at radius 3 is 2.41 bits per heavy atom. The summed E-state index contributed by atoms with van der Waals surface area (Å²) in [4.78, 5) is 2.46. The summed E-state index contributed by atoms with van der Waals surface area (Å²) in [5.74, 6) is 0.689. The highest BCUT2D eigenvalue weighted by molar-refractivity contribution is 7.89. The molecule has 7 heteroatoms. The first kappa shape index (κ1) is 17.2. The van der Waals surface area contributed by atoms with Gasteiger partial charge in [0.1, 0.15) is 12.4 Å². The molecule has 1 aromatic rings. The van der Waals surface area contributed by atoms with E-state index in [9.17, 15) is 8.42 Å². The largest absolute Gasteiger partial charge is 0.491 e. The first-order valence-corrected chi connectivity index (χ1v) is 8.80. The van der Waals surface area contributed by atoms with Crippen molar-refractivity contribution in [3.8, 4) is 5.75 Å². The Balaban J connectivity index is 2.12. The Bertz CT molecular complexity index is 596. The molecule has 0 unspecified atom stereocenters. The molecule has 0 spiro atoms. The van der Waals surface area contributed by atoms with Gasteiger partial charge in [-0.25, -0.2) is 8.42 Å². The van der Waals surface area contributed by atoms with Crippen LogP contribution < -0.4 is 4.74 Å². The van der Waals surface area contributed by atoms with Gasteiger partial charge >= 0.3 is 0 Å². The van der Waals surface area contributed by atoms with E-state index in [-0.39, 0.29) is 0 Å². The SMILES string of the molecule is COCCOc1ccc(S(=O)(=O)N2CCN(C)CC2)cc1C. The Labute approximate surface area is 132 Å². The van der Waals surface area contributed by atoms with Gasteiger partial charge in [0.2, 0.25) is 10.0 Å². The fourth-order valence-corrected chi connectivity index (χ4v) is 3.86. The van der Waals surface area contributed by atoms with E-state index < -0.39 is 10.0 Å². The Morgan fingerprint density at radius 1 is 1.14 bits per heavy atom. The van der Waals surface area contributed by atoms with E-state index in [0.717, 1.165) is 18.7 Å². The zero-order valence-corrected chi connectivity index (χ0v) is 14.2. The third-order valence-electron chi connectivity index (χ3n) is 3.79. The van der Waals surface area contributed by atoms with Crippen LogP contribution in [-0.2, 0) is 14.8 Å². The van der Waals surface area contributed by atoms with Crippen LogP contribution in [0.1, 0.15) is 5.56 Å². The molecular formula is C15H24N2O4S. The van der Waals surface area contributed by atoms with Gasteiger partial charge in [0, 0.05) is 33.3 Å². The lowest BCUT2D eigenvalue weighted by atomic mass is 10.2. The average Bonchev–Trinajstić information content (AvgIpc) is 2.49. The molecule has 6 nitrogen and oxygen atoms in total. The third-order valence-corrected chi connectivity index (χ3v) is 5.69. The molecule has 0 aliphatic carbocycles. The smallest absolute Gasteiger partial charge is 0.243 e. The van der Waals surface area contributed by atoms with Crippen molar-refractivity contribution in [1.29, 1.82) is 0 Å². The highest BCUT2D eigenvalue weighted by Gasteiger charge is 2.27. The average molecular weight is 328 g/mol. The van der Waals surface area contributed by atoms with E-state index in [1.165, 1.54) is 0 Å². The van der Waals surface area contributed by atoms with E-state index in [1.807, 2.05) is 14.0 Å². The van der Waals surface area contributed by atoms with Crippen LogP contribution in [0.4, 0.5) is 0 Å². The zero-order chi connectivity index (χ0) is 16.2. The van der Waals surface area contributed by atoms with Gasteiger partial charge < -0.3 is 14.4 Å². The van der Waals surface area contributed by atoms with Gasteiger partial charge in [0.25, 0.3) is 0 Å². The predicted molar refractivity (Wildman–Crippen MR) is 84.8 cm³/mol. The first-order chi connectivity index (χ1) is 10.4. The maximum atomic E-state index is 12.7. The summed E-state index contributed by atoms with van der Waals surface area (Å²) in [5, 5.41) is 0. The van der Waals surface area contributed by atoms with Crippen LogP contribution in [0.2, 0.25) is 0 Å². The standard InChI is InChI=1S/C15H24N2O4S/c1-13-12-14(4-5-15(13)21-11-10-20-3)22(18,19)17-8-6-16(2)7-9-17/h4-5,12H,6-11H2,1-3H3. The van der Waals surface area contributed by atoms with Crippen LogP contribution in [0.15, 0.2) is 23.1 Å². The number of sulfonamides is 1. The minimum Gasteiger partial charge on any atom is -0.491 e. The molecule has 2 rings (SSSR count). The lowest BCUT2D eigenvalue weighted by Crippen LogP contribution is -2.47. The minimum atomic E-state index is -3.42. The molecule has 1 saturated heterocycles. The van der Waals surface area contributed by atoms with Gasteiger partial charge in [-0.3, -0.25) is 0 Å². The number of nitrogens with zero attached hydrogens (tertiary/aromatic N) is 2. The molecule has 0 N–H and O–H groups in total. The van der Waals surface area contributed by atoms with Crippen molar-refractivity contribution in [2.24, 2.45) is 0 Å². The van der Waals surface area contributed by atoms with Gasteiger partial charge in [-0.15, -0.1) is 0 Å². The second-order valence-electron chi connectivity index (χ2n) is 5.48. The van der Waals surface area contributed by atoms with Crippen LogP contribution in [0, 0.1) is 6.92 Å². The second-order valence-corrected chi connectivity index (χ2v) is 7.41. The lowest BCUT2D eigenvalue weighted by molar-refractivity contribution is 0.146. The molecule has 0 saturated carbocycles. The first-order valence-electron chi connectivity index (χ1n) is 7.36. The fraction of sp³-hybridized carbons (Fsp3) is 0.600. The Hall–Kier alpha value is -1.15. The molecule has 1 fully saturated rings. The van der Waals surface area contributed by atoms with Crippen molar-refractivity contribution in [3.63, 3.8) is 0 Å². The molecule has 0 aromatic heterocycles. The van der Waals surface area contributed by atoms with Gasteiger partial charge in [0.05, 0.1) is 11.5 Å². The summed E-state index contributed by atoms with van der Waals surface area (Å²) >= 11 is 0. The lowest BCUT2D eigenvalue weighted by Gasteiger charge is -2.31. The number of likely N-dealkylation sites (N-methyl/N-ethyl adjacent to an activating group) is 1. The van der Waals surface area contributed by atoms with Crippen molar-refractivity contribution in [2.75, 3.05) is 53.6 Å². The van der Waals surface area contributed by atoms with Gasteiger partial charge in [-0.2, -0.15) is 4.31 Å². The quantitative estimate of drug-likeness (QED) is 0.728. The van der Waals surface area contributed by atoms with Crippen LogP contribution >= 0.6 is 0 Å². The summed E-state index contributed by atoms with van der Waals surface area (Å²) in [6.45, 7) is 5.38. The normalized spacial score (nSPS) is 17.6. The zero-order valence-electron chi connectivity index (χ0n) is 13.4. The second kappa shape index (κ2) is 7.41. The molecular weight excluding hydrogens is 304 g/mol. The summed E-state index contributed by atoms with van der Waals surface area (Å²) < 4.78 is 37.4. The summed E-state index contributed by atoms with van der Waals surface area (Å²) in [7, 11) is 0.190. The molecule has 1 aromatic carbocycles. The van der Waals surface area contributed by atoms with E-state index in [2.05, 4.69) is 4.90 Å². The van der Waals surface area contributed by atoms with Gasteiger partial charge in [0.15, 0.2) is 0 Å². The highest BCUT2D eigenvalue weighted by Crippen LogP contribution is 2.24. The van der Waals surface area contributed by atoms with Crippen molar-refractivity contribution < 1.29 is 17.9 Å². The number of piperazine rings is 1. The molecule has 0 amide bonds. The van der Waals surface area contributed by atoms with Crippen molar-refractivity contribution in [2.45, 2.75) is 11.8 Å². The van der Waals surface area contributed by atoms with Gasteiger partial charge in [-0.05, 0) is 37.7 Å². The number of ether oxygens (including phenoxy) is 2. The van der Waals surface area contributed by atoms with E-state index in [4.69, 9.17) is 9.47 Å². The minimum absolute atomic E-state index is 0.327. The topological polar surface area (TPSA) is 59.1 Å². The molecule has 1 heterocycles. The summed E-state index contributed by atoms with van der Waals surface area (Å²) in [6, 6.07) is 5.01. The number of hydrogen-bond donors (Lipinski definition) is 0. The highest BCUT2D eigenvalue weighted by atomic mass is 32.2. The van der Waals surface area contributed by atoms with E-state index in [1.54, 1.807) is 29.6 Å². The van der Waals surface area contributed by atoms with Crippen molar-refractivity contribution >= 4 is 10.0 Å². The molecule has 1 aliphatic rings. The Morgan fingerprint density at radius 2 is 1.82 bits per heavy atom.